The van der Waals surface area contributed by atoms with Crippen LogP contribution in [0.2, 0.25) is 0 Å². The van der Waals surface area contributed by atoms with Gasteiger partial charge in [0.2, 0.25) is 10.0 Å². The van der Waals surface area contributed by atoms with Crippen LogP contribution in [0.5, 0.6) is 0 Å². The van der Waals surface area contributed by atoms with E-state index in [-0.39, 0.29) is 16.8 Å². The average molecular weight is 403 g/mol. The van der Waals surface area contributed by atoms with Crippen LogP contribution >= 0.6 is 0 Å². The van der Waals surface area contributed by atoms with Crippen molar-refractivity contribution < 1.29 is 13.2 Å². The van der Waals surface area contributed by atoms with Gasteiger partial charge in [0.15, 0.2) is 0 Å². The molecule has 0 unspecified atom stereocenters. The van der Waals surface area contributed by atoms with Crippen molar-refractivity contribution in [3.8, 4) is 0 Å². The van der Waals surface area contributed by atoms with Gasteiger partial charge in [0.1, 0.15) is 0 Å². The number of benzene rings is 2. The van der Waals surface area contributed by atoms with E-state index in [0.29, 0.717) is 11.5 Å². The largest absolute Gasteiger partial charge is 0.346 e. The molecule has 1 amide bonds. The fraction of sp³-hybridized carbons (Fsp3) is 0.409. The number of carbonyl (C=O) groups is 1. The van der Waals surface area contributed by atoms with E-state index in [4.69, 9.17) is 0 Å². The maximum atomic E-state index is 12.8. The van der Waals surface area contributed by atoms with Crippen molar-refractivity contribution in [3.63, 3.8) is 0 Å². The molecule has 0 radical (unpaired) electrons. The number of amides is 1. The summed E-state index contributed by atoms with van der Waals surface area (Å²) in [4.78, 5) is 12.9. The van der Waals surface area contributed by atoms with E-state index in [1.165, 1.54) is 31.8 Å². The molecule has 5 nitrogen and oxygen atoms in total. The molecule has 0 fully saturated rings. The highest BCUT2D eigenvalue weighted by molar-refractivity contribution is 7.89. The summed E-state index contributed by atoms with van der Waals surface area (Å²) in [5.74, 6) is 0.309. The molecule has 0 saturated heterocycles. The summed E-state index contributed by atoms with van der Waals surface area (Å²) in [7, 11) is -0.647. The molecule has 6 heteroatoms. The van der Waals surface area contributed by atoms with E-state index in [0.717, 1.165) is 21.9 Å². The Hall–Kier alpha value is -2.18. The minimum atomic E-state index is -3.59. The molecule has 0 aliphatic carbocycles. The summed E-state index contributed by atoms with van der Waals surface area (Å²) in [6, 6.07) is 12.7. The van der Waals surface area contributed by atoms with Crippen LogP contribution in [-0.2, 0) is 16.4 Å². The molecule has 2 rings (SSSR count). The number of hydrogen-bond donors (Lipinski definition) is 1. The van der Waals surface area contributed by atoms with Crippen LogP contribution < -0.4 is 5.32 Å². The first-order chi connectivity index (χ1) is 13.0. The molecule has 1 N–H and O–H groups in total. The Morgan fingerprint density at radius 2 is 1.64 bits per heavy atom. The van der Waals surface area contributed by atoms with Crippen LogP contribution in [0, 0.1) is 12.8 Å². The summed E-state index contributed by atoms with van der Waals surface area (Å²) in [5.41, 5.74) is 3.38. The Morgan fingerprint density at radius 3 is 2.18 bits per heavy atom. The van der Waals surface area contributed by atoms with Gasteiger partial charge in [-0.15, -0.1) is 0 Å². The van der Waals surface area contributed by atoms with E-state index < -0.39 is 10.0 Å². The van der Waals surface area contributed by atoms with Gasteiger partial charge in [0.25, 0.3) is 5.91 Å². The van der Waals surface area contributed by atoms with Crippen LogP contribution in [-0.4, -0.2) is 32.7 Å². The lowest BCUT2D eigenvalue weighted by Crippen LogP contribution is -2.28. The number of rotatable bonds is 7. The Labute approximate surface area is 168 Å². The minimum Gasteiger partial charge on any atom is -0.346 e. The van der Waals surface area contributed by atoms with Gasteiger partial charge >= 0.3 is 0 Å². The summed E-state index contributed by atoms with van der Waals surface area (Å²) in [5, 5.41) is 2.97. The average Bonchev–Trinajstić information content (AvgIpc) is 2.61. The number of hydrogen-bond acceptors (Lipinski definition) is 3. The molecule has 0 saturated carbocycles. The molecule has 0 aliphatic heterocycles. The third-order valence-electron chi connectivity index (χ3n) is 4.70. The van der Waals surface area contributed by atoms with Crippen LogP contribution in [0.1, 0.15) is 53.9 Å². The van der Waals surface area contributed by atoms with Gasteiger partial charge in [-0.25, -0.2) is 12.7 Å². The highest BCUT2D eigenvalue weighted by atomic mass is 32.2. The van der Waals surface area contributed by atoms with E-state index in [9.17, 15) is 13.2 Å². The van der Waals surface area contributed by atoms with Gasteiger partial charge in [-0.3, -0.25) is 4.79 Å². The number of carbonyl (C=O) groups excluding carboxylic acids is 1. The van der Waals surface area contributed by atoms with E-state index >= 15 is 0 Å². The third kappa shape index (κ3) is 5.20. The second kappa shape index (κ2) is 8.88. The normalized spacial score (nSPS) is 13.0. The summed E-state index contributed by atoms with van der Waals surface area (Å²) >= 11 is 0. The first-order valence-corrected chi connectivity index (χ1v) is 10.9. The third-order valence-corrected chi connectivity index (χ3v) is 6.51. The Bertz CT molecular complexity index is 933. The second-order valence-electron chi connectivity index (χ2n) is 7.80. The molecule has 2 aromatic rings. The molecule has 0 aromatic heterocycles. The molecule has 0 spiro atoms. The highest BCUT2D eigenvalue weighted by Gasteiger charge is 2.21. The Balaban J connectivity index is 2.20. The molecule has 0 aliphatic rings. The predicted octanol–water partition coefficient (Wildman–Crippen LogP) is 3.93. The zero-order chi connectivity index (χ0) is 21.1. The summed E-state index contributed by atoms with van der Waals surface area (Å²) in [6.45, 7) is 8.09. The van der Waals surface area contributed by atoms with Crippen LogP contribution in [0.15, 0.2) is 47.4 Å². The highest BCUT2D eigenvalue weighted by Crippen LogP contribution is 2.20. The molecular formula is C22H30N2O3S. The van der Waals surface area contributed by atoms with E-state index in [2.05, 4.69) is 31.3 Å². The van der Waals surface area contributed by atoms with Crippen molar-refractivity contribution in [1.82, 2.24) is 9.62 Å². The second-order valence-corrected chi connectivity index (χ2v) is 9.95. The smallest absolute Gasteiger partial charge is 0.252 e. The van der Waals surface area contributed by atoms with Crippen LogP contribution in [0.3, 0.4) is 0 Å². The van der Waals surface area contributed by atoms with Crippen molar-refractivity contribution in [2.75, 3.05) is 14.1 Å². The number of nitrogens with zero attached hydrogens (tertiary/aromatic N) is 1. The molecule has 28 heavy (non-hydrogen) atoms. The zero-order valence-electron chi connectivity index (χ0n) is 17.5. The van der Waals surface area contributed by atoms with Gasteiger partial charge in [0.05, 0.1) is 10.9 Å². The van der Waals surface area contributed by atoms with Crippen molar-refractivity contribution in [2.45, 2.75) is 45.1 Å². The first-order valence-electron chi connectivity index (χ1n) is 9.45. The lowest BCUT2D eigenvalue weighted by atomic mass is 9.99. The maximum absolute atomic E-state index is 12.8. The summed E-state index contributed by atoms with van der Waals surface area (Å²) in [6.07, 6.45) is 1.02. The van der Waals surface area contributed by atoms with Crippen molar-refractivity contribution in [2.24, 2.45) is 5.92 Å². The van der Waals surface area contributed by atoms with Crippen molar-refractivity contribution in [1.29, 1.82) is 0 Å². The van der Waals surface area contributed by atoms with Crippen molar-refractivity contribution in [3.05, 3.63) is 64.7 Å². The number of nitrogens with one attached hydrogen (secondary N) is 1. The van der Waals surface area contributed by atoms with Gasteiger partial charge in [-0.1, -0.05) is 44.2 Å². The van der Waals surface area contributed by atoms with Gasteiger partial charge in [-0.05, 0) is 55.0 Å². The van der Waals surface area contributed by atoms with Crippen molar-refractivity contribution >= 4 is 15.9 Å². The molecule has 2 aromatic carbocycles. The lowest BCUT2D eigenvalue weighted by Gasteiger charge is -2.17. The molecule has 0 heterocycles. The molecular weight excluding hydrogens is 372 g/mol. The Kier molecular flexibility index (Phi) is 7.01. The topological polar surface area (TPSA) is 66.5 Å². The molecule has 1 atom stereocenters. The van der Waals surface area contributed by atoms with E-state index in [1.807, 2.05) is 19.1 Å². The van der Waals surface area contributed by atoms with Crippen LogP contribution in [0.25, 0.3) is 0 Å². The maximum Gasteiger partial charge on any atom is 0.252 e. The van der Waals surface area contributed by atoms with Gasteiger partial charge < -0.3 is 5.32 Å². The first kappa shape index (κ1) is 22.1. The predicted molar refractivity (Wildman–Crippen MR) is 113 cm³/mol. The minimum absolute atomic E-state index is 0.110. The number of sulfonamides is 1. The molecule has 152 valence electrons. The van der Waals surface area contributed by atoms with Gasteiger partial charge in [0, 0.05) is 19.7 Å². The van der Waals surface area contributed by atoms with Gasteiger partial charge in [-0.2, -0.15) is 0 Å². The fourth-order valence-electron chi connectivity index (χ4n) is 2.99. The lowest BCUT2D eigenvalue weighted by molar-refractivity contribution is 0.0939. The Morgan fingerprint density at radius 1 is 1.04 bits per heavy atom. The fourth-order valence-corrected chi connectivity index (χ4v) is 3.92. The monoisotopic (exact) mass is 402 g/mol. The standard InChI is InChI=1S/C22H30N2O3S/c1-15(2)13-18-8-10-19(11-9-18)17(4)23-22(25)21-14-20(12-7-16(21)3)28(26,27)24(5)6/h7-12,14-15,17H,13H2,1-6H3,(H,23,25)/t17-/m0/s1. The number of aryl methyl sites for hydroxylation is 1. The van der Waals surface area contributed by atoms with Crippen LogP contribution in [0.4, 0.5) is 0 Å². The SMILES string of the molecule is Cc1ccc(S(=O)(=O)N(C)C)cc1C(=O)N[C@@H](C)c1ccc(CC(C)C)cc1. The van der Waals surface area contributed by atoms with E-state index in [1.54, 1.807) is 13.0 Å². The summed E-state index contributed by atoms with van der Waals surface area (Å²) < 4.78 is 25.9. The quantitative estimate of drug-likeness (QED) is 0.763. The zero-order valence-corrected chi connectivity index (χ0v) is 18.3. The molecule has 0 bridgehead atoms.